The van der Waals surface area contributed by atoms with Gasteiger partial charge in [0.05, 0.1) is 17.1 Å². The van der Waals surface area contributed by atoms with Gasteiger partial charge in [-0.3, -0.25) is 0 Å². The Morgan fingerprint density at radius 1 is 0.650 bits per heavy atom. The first-order valence-corrected chi connectivity index (χ1v) is 6.96. The van der Waals surface area contributed by atoms with Gasteiger partial charge in [0.1, 0.15) is 12.4 Å². The SMILES string of the molecule is c1ccc2c(c1)NCCN2.c1ccc2c(c1)NCCO2. The van der Waals surface area contributed by atoms with Crippen LogP contribution in [0, 0.1) is 0 Å². The lowest BCUT2D eigenvalue weighted by Crippen LogP contribution is -2.19. The van der Waals surface area contributed by atoms with E-state index in [1.165, 1.54) is 11.4 Å². The predicted molar refractivity (Wildman–Crippen MR) is 83.8 cm³/mol. The second kappa shape index (κ2) is 6.19. The summed E-state index contributed by atoms with van der Waals surface area (Å²) in [7, 11) is 0. The number of para-hydroxylation sites is 4. The minimum atomic E-state index is 0.775. The summed E-state index contributed by atoms with van der Waals surface area (Å²) in [6.07, 6.45) is 0. The van der Waals surface area contributed by atoms with Gasteiger partial charge < -0.3 is 20.7 Å². The zero-order valence-electron chi connectivity index (χ0n) is 11.4. The van der Waals surface area contributed by atoms with Crippen LogP contribution in [0.5, 0.6) is 5.75 Å². The van der Waals surface area contributed by atoms with E-state index in [0.717, 1.165) is 37.7 Å². The lowest BCUT2D eigenvalue weighted by molar-refractivity contribution is 0.323. The predicted octanol–water partition coefficient (Wildman–Crippen LogP) is 3.01. The Kier molecular flexibility index (Phi) is 3.92. The van der Waals surface area contributed by atoms with Gasteiger partial charge in [-0.25, -0.2) is 0 Å². The van der Waals surface area contributed by atoms with Crippen molar-refractivity contribution in [2.24, 2.45) is 0 Å². The molecule has 0 unspecified atom stereocenters. The highest BCUT2D eigenvalue weighted by molar-refractivity contribution is 5.70. The fourth-order valence-electron chi connectivity index (χ4n) is 2.27. The third-order valence-corrected chi connectivity index (χ3v) is 3.25. The Morgan fingerprint density at radius 3 is 1.85 bits per heavy atom. The molecule has 104 valence electrons. The van der Waals surface area contributed by atoms with Crippen LogP contribution < -0.4 is 20.7 Å². The maximum atomic E-state index is 5.36. The van der Waals surface area contributed by atoms with E-state index in [1.54, 1.807) is 0 Å². The maximum absolute atomic E-state index is 5.36. The summed E-state index contributed by atoms with van der Waals surface area (Å²) in [5.41, 5.74) is 3.54. The van der Waals surface area contributed by atoms with Gasteiger partial charge >= 0.3 is 0 Å². The van der Waals surface area contributed by atoms with E-state index in [2.05, 4.69) is 28.1 Å². The van der Waals surface area contributed by atoms with Crippen molar-refractivity contribution >= 4 is 17.1 Å². The first-order valence-electron chi connectivity index (χ1n) is 6.96. The van der Waals surface area contributed by atoms with Crippen LogP contribution in [0.1, 0.15) is 0 Å². The summed E-state index contributed by atoms with van der Waals surface area (Å²) in [5, 5.41) is 9.84. The first-order chi connectivity index (χ1) is 9.93. The second-order valence-corrected chi connectivity index (χ2v) is 4.67. The molecular weight excluding hydrogens is 250 g/mol. The highest BCUT2D eigenvalue weighted by Gasteiger charge is 2.05. The average molecular weight is 269 g/mol. The Labute approximate surface area is 119 Å². The van der Waals surface area contributed by atoms with Crippen molar-refractivity contribution in [2.75, 3.05) is 42.2 Å². The second-order valence-electron chi connectivity index (χ2n) is 4.67. The number of fused-ring (bicyclic) bond motifs is 2. The molecule has 2 aliphatic heterocycles. The van der Waals surface area contributed by atoms with Crippen molar-refractivity contribution in [1.82, 2.24) is 0 Å². The standard InChI is InChI=1S/C8H10N2.C8H9NO/c2*1-2-4-8-7(3-1)9-5-6-10-8/h1-4,9-10H,5-6H2;1-4,9H,5-6H2. The number of rotatable bonds is 0. The molecule has 2 aromatic carbocycles. The summed E-state index contributed by atoms with van der Waals surface area (Å²) in [4.78, 5) is 0. The number of benzene rings is 2. The molecular formula is C16H19N3O. The summed E-state index contributed by atoms with van der Waals surface area (Å²) < 4.78 is 5.36. The van der Waals surface area contributed by atoms with E-state index >= 15 is 0 Å². The Morgan fingerprint density at radius 2 is 1.20 bits per heavy atom. The summed E-state index contributed by atoms with van der Waals surface area (Å²) >= 11 is 0. The van der Waals surface area contributed by atoms with Crippen molar-refractivity contribution in [3.63, 3.8) is 0 Å². The minimum absolute atomic E-state index is 0.775. The van der Waals surface area contributed by atoms with Crippen molar-refractivity contribution in [3.05, 3.63) is 48.5 Å². The molecule has 3 N–H and O–H groups in total. The molecule has 0 spiro atoms. The van der Waals surface area contributed by atoms with Gasteiger partial charge in [0, 0.05) is 19.6 Å². The third-order valence-electron chi connectivity index (χ3n) is 3.25. The molecule has 4 rings (SSSR count). The summed E-state index contributed by atoms with van der Waals surface area (Å²) in [6.45, 7) is 3.74. The lowest BCUT2D eigenvalue weighted by atomic mass is 10.2. The van der Waals surface area contributed by atoms with Crippen LogP contribution in [0.4, 0.5) is 17.1 Å². The van der Waals surface area contributed by atoms with Crippen molar-refractivity contribution < 1.29 is 4.74 Å². The average Bonchev–Trinajstić information content (AvgIpc) is 2.56. The Bertz CT molecular complexity index is 470. The van der Waals surface area contributed by atoms with Crippen molar-refractivity contribution in [1.29, 1.82) is 0 Å². The minimum Gasteiger partial charge on any atom is -0.490 e. The number of nitrogens with one attached hydrogen (secondary N) is 3. The van der Waals surface area contributed by atoms with Gasteiger partial charge in [-0.15, -0.1) is 0 Å². The van der Waals surface area contributed by atoms with E-state index in [-0.39, 0.29) is 0 Å². The van der Waals surface area contributed by atoms with Crippen LogP contribution in [-0.2, 0) is 0 Å². The summed E-state index contributed by atoms with van der Waals surface area (Å²) in [5.74, 6) is 0.966. The van der Waals surface area contributed by atoms with Crippen LogP contribution >= 0.6 is 0 Å². The van der Waals surface area contributed by atoms with Crippen LogP contribution in [0.2, 0.25) is 0 Å². The molecule has 2 aromatic rings. The van der Waals surface area contributed by atoms with Crippen LogP contribution in [-0.4, -0.2) is 26.2 Å². The zero-order valence-corrected chi connectivity index (χ0v) is 11.4. The molecule has 4 heteroatoms. The normalized spacial score (nSPS) is 14.8. The van der Waals surface area contributed by atoms with E-state index < -0.39 is 0 Å². The number of hydrogen-bond acceptors (Lipinski definition) is 4. The fourth-order valence-corrected chi connectivity index (χ4v) is 2.27. The number of hydrogen-bond donors (Lipinski definition) is 3. The van der Waals surface area contributed by atoms with E-state index in [9.17, 15) is 0 Å². The number of ether oxygens (including phenoxy) is 1. The highest BCUT2D eigenvalue weighted by atomic mass is 16.5. The van der Waals surface area contributed by atoms with Crippen LogP contribution in [0.15, 0.2) is 48.5 Å². The fraction of sp³-hybridized carbons (Fsp3) is 0.250. The molecule has 0 bridgehead atoms. The van der Waals surface area contributed by atoms with Gasteiger partial charge in [0.15, 0.2) is 0 Å². The summed E-state index contributed by atoms with van der Waals surface area (Å²) in [6, 6.07) is 16.2. The molecule has 0 saturated carbocycles. The van der Waals surface area contributed by atoms with E-state index in [4.69, 9.17) is 4.74 Å². The van der Waals surface area contributed by atoms with Gasteiger partial charge in [-0.05, 0) is 24.3 Å². The molecule has 0 radical (unpaired) electrons. The molecule has 0 saturated heterocycles. The first kappa shape index (κ1) is 12.7. The molecule has 0 fully saturated rings. The van der Waals surface area contributed by atoms with E-state index in [1.807, 2.05) is 36.4 Å². The van der Waals surface area contributed by atoms with Gasteiger partial charge in [-0.2, -0.15) is 0 Å². The van der Waals surface area contributed by atoms with Crippen molar-refractivity contribution in [2.45, 2.75) is 0 Å². The molecule has 0 aliphatic carbocycles. The molecule has 20 heavy (non-hydrogen) atoms. The largest absolute Gasteiger partial charge is 0.490 e. The van der Waals surface area contributed by atoms with Gasteiger partial charge in [0.25, 0.3) is 0 Å². The quantitative estimate of drug-likeness (QED) is 0.688. The lowest BCUT2D eigenvalue weighted by Gasteiger charge is -2.18. The molecule has 0 atom stereocenters. The van der Waals surface area contributed by atoms with Gasteiger partial charge in [0.2, 0.25) is 0 Å². The highest BCUT2D eigenvalue weighted by Crippen LogP contribution is 2.25. The molecule has 2 heterocycles. The zero-order chi connectivity index (χ0) is 13.6. The van der Waals surface area contributed by atoms with E-state index in [0.29, 0.717) is 0 Å². The molecule has 0 amide bonds. The smallest absolute Gasteiger partial charge is 0.142 e. The van der Waals surface area contributed by atoms with Crippen LogP contribution in [0.25, 0.3) is 0 Å². The third kappa shape index (κ3) is 2.96. The topological polar surface area (TPSA) is 45.3 Å². The molecule has 4 nitrogen and oxygen atoms in total. The number of anilines is 3. The Hall–Kier alpha value is -2.36. The molecule has 2 aliphatic rings. The monoisotopic (exact) mass is 269 g/mol. The maximum Gasteiger partial charge on any atom is 0.142 e. The van der Waals surface area contributed by atoms with Gasteiger partial charge in [-0.1, -0.05) is 24.3 Å². The molecule has 0 aromatic heterocycles. The Balaban J connectivity index is 0.000000121. The van der Waals surface area contributed by atoms with Crippen LogP contribution in [0.3, 0.4) is 0 Å². The van der Waals surface area contributed by atoms with Crippen molar-refractivity contribution in [3.8, 4) is 5.75 Å².